The van der Waals surface area contributed by atoms with E-state index in [1.165, 1.54) is 16.7 Å². The van der Waals surface area contributed by atoms with Gasteiger partial charge in [-0.3, -0.25) is 9.97 Å². The summed E-state index contributed by atoms with van der Waals surface area (Å²) >= 11 is 0. The topological polar surface area (TPSA) is 25.8 Å². The van der Waals surface area contributed by atoms with Crippen LogP contribution in [0.15, 0.2) is 73.2 Å². The van der Waals surface area contributed by atoms with Crippen LogP contribution in [0.25, 0.3) is 0 Å². The third-order valence-electron chi connectivity index (χ3n) is 2.84. The standard InChI is InChI=1S/C8H10.2C6H7N/c1-7-3-5-8(2)6-4-7;1-6-3-2-4-7-5-6;1-6-4-2-3-5-7-6/h3-6H,1-2H3;2*2-5H,1H3. The van der Waals surface area contributed by atoms with Crippen LogP contribution in [0.1, 0.15) is 22.4 Å². The van der Waals surface area contributed by atoms with Crippen molar-refractivity contribution in [2.24, 2.45) is 0 Å². The molecule has 3 aromatic rings. The van der Waals surface area contributed by atoms with Gasteiger partial charge in [0, 0.05) is 24.3 Å². The zero-order chi connectivity index (χ0) is 16.2. The van der Waals surface area contributed by atoms with E-state index in [1.54, 1.807) is 12.4 Å². The molecule has 0 unspecified atom stereocenters. The zero-order valence-corrected chi connectivity index (χ0v) is 13.8. The maximum atomic E-state index is 3.98. The number of hydrogen-bond acceptors (Lipinski definition) is 2. The Morgan fingerprint density at radius 2 is 1.23 bits per heavy atom. The Morgan fingerprint density at radius 3 is 1.50 bits per heavy atom. The maximum absolute atomic E-state index is 3.98. The molecule has 2 aromatic heterocycles. The minimum Gasteiger partial charge on any atom is -0.264 e. The molecule has 114 valence electrons. The van der Waals surface area contributed by atoms with E-state index in [0.717, 1.165) is 5.69 Å². The summed E-state index contributed by atoms with van der Waals surface area (Å²) in [5.41, 5.74) is 4.94. The molecular weight excluding hydrogens is 268 g/mol. The molecule has 0 saturated heterocycles. The van der Waals surface area contributed by atoms with Gasteiger partial charge < -0.3 is 0 Å². The fraction of sp³-hybridized carbons (Fsp3) is 0.200. The van der Waals surface area contributed by atoms with Crippen molar-refractivity contribution in [2.75, 3.05) is 0 Å². The van der Waals surface area contributed by atoms with Crippen LogP contribution < -0.4 is 0 Å². The first kappa shape index (κ1) is 17.6. The summed E-state index contributed by atoms with van der Waals surface area (Å²) in [5.74, 6) is 0. The van der Waals surface area contributed by atoms with Crippen LogP contribution in [0.4, 0.5) is 0 Å². The van der Waals surface area contributed by atoms with Crippen molar-refractivity contribution >= 4 is 0 Å². The van der Waals surface area contributed by atoms with Crippen molar-refractivity contribution in [2.45, 2.75) is 27.7 Å². The van der Waals surface area contributed by atoms with E-state index in [0.29, 0.717) is 0 Å². The van der Waals surface area contributed by atoms with E-state index in [9.17, 15) is 0 Å². The van der Waals surface area contributed by atoms with E-state index in [4.69, 9.17) is 0 Å². The molecule has 0 atom stereocenters. The second kappa shape index (κ2) is 10.3. The van der Waals surface area contributed by atoms with E-state index in [1.807, 2.05) is 50.4 Å². The molecule has 2 heterocycles. The predicted octanol–water partition coefficient (Wildman–Crippen LogP) is 5.08. The highest BCUT2D eigenvalue weighted by atomic mass is 14.6. The molecular formula is C20H24N2. The summed E-state index contributed by atoms with van der Waals surface area (Å²) in [6, 6.07) is 18.3. The molecule has 2 heteroatoms. The van der Waals surface area contributed by atoms with Gasteiger partial charge in [0.15, 0.2) is 0 Å². The molecule has 0 bridgehead atoms. The van der Waals surface area contributed by atoms with Crippen molar-refractivity contribution in [3.8, 4) is 0 Å². The largest absolute Gasteiger partial charge is 0.264 e. The summed E-state index contributed by atoms with van der Waals surface area (Å²) in [7, 11) is 0. The van der Waals surface area contributed by atoms with Gasteiger partial charge in [-0.1, -0.05) is 47.5 Å². The lowest BCUT2D eigenvalue weighted by Crippen LogP contribution is -1.72. The highest BCUT2D eigenvalue weighted by molar-refractivity contribution is 5.19. The van der Waals surface area contributed by atoms with Crippen molar-refractivity contribution in [1.29, 1.82) is 0 Å². The molecule has 0 fully saturated rings. The SMILES string of the molecule is Cc1ccc(C)cc1.Cc1ccccn1.Cc1cccnc1. The van der Waals surface area contributed by atoms with Gasteiger partial charge in [-0.15, -0.1) is 0 Å². The molecule has 0 aliphatic heterocycles. The molecule has 0 amide bonds. The van der Waals surface area contributed by atoms with Crippen LogP contribution in [0, 0.1) is 27.7 Å². The van der Waals surface area contributed by atoms with Gasteiger partial charge in [-0.05, 0) is 51.5 Å². The van der Waals surface area contributed by atoms with E-state index >= 15 is 0 Å². The van der Waals surface area contributed by atoms with Gasteiger partial charge in [0.1, 0.15) is 0 Å². The van der Waals surface area contributed by atoms with Crippen molar-refractivity contribution in [3.63, 3.8) is 0 Å². The molecule has 0 aliphatic carbocycles. The van der Waals surface area contributed by atoms with Crippen LogP contribution >= 0.6 is 0 Å². The van der Waals surface area contributed by atoms with Crippen molar-refractivity contribution in [1.82, 2.24) is 9.97 Å². The number of nitrogens with zero attached hydrogens (tertiary/aromatic N) is 2. The Labute approximate surface area is 133 Å². The lowest BCUT2D eigenvalue weighted by atomic mass is 10.2. The van der Waals surface area contributed by atoms with Crippen molar-refractivity contribution < 1.29 is 0 Å². The first-order chi connectivity index (χ1) is 10.6. The molecule has 0 N–H and O–H groups in total. The number of hydrogen-bond donors (Lipinski definition) is 0. The zero-order valence-electron chi connectivity index (χ0n) is 13.8. The van der Waals surface area contributed by atoms with Crippen LogP contribution in [-0.4, -0.2) is 9.97 Å². The van der Waals surface area contributed by atoms with E-state index in [-0.39, 0.29) is 0 Å². The lowest BCUT2D eigenvalue weighted by molar-refractivity contribution is 1.20. The minimum absolute atomic E-state index is 1.07. The average Bonchev–Trinajstić information content (AvgIpc) is 2.53. The molecule has 22 heavy (non-hydrogen) atoms. The monoisotopic (exact) mass is 292 g/mol. The van der Waals surface area contributed by atoms with Crippen LogP contribution in [0.5, 0.6) is 0 Å². The summed E-state index contributed by atoms with van der Waals surface area (Å²) in [5, 5.41) is 0. The van der Waals surface area contributed by atoms with Gasteiger partial charge in [0.2, 0.25) is 0 Å². The van der Waals surface area contributed by atoms with E-state index in [2.05, 4.69) is 48.1 Å². The molecule has 1 aromatic carbocycles. The summed E-state index contributed by atoms with van der Waals surface area (Å²) in [6.07, 6.45) is 5.39. The Balaban J connectivity index is 0.000000166. The van der Waals surface area contributed by atoms with E-state index < -0.39 is 0 Å². The summed E-state index contributed by atoms with van der Waals surface area (Å²) in [4.78, 5) is 7.86. The normalized spacial score (nSPS) is 8.91. The Bertz CT molecular complexity index is 558. The van der Waals surface area contributed by atoms with Gasteiger partial charge in [0.25, 0.3) is 0 Å². The fourth-order valence-corrected chi connectivity index (χ4v) is 1.53. The van der Waals surface area contributed by atoms with Crippen molar-refractivity contribution in [3.05, 3.63) is 95.6 Å². The first-order valence-corrected chi connectivity index (χ1v) is 7.35. The smallest absolute Gasteiger partial charge is 0.0372 e. The highest BCUT2D eigenvalue weighted by Gasteiger charge is 1.79. The predicted molar refractivity (Wildman–Crippen MR) is 93.9 cm³/mol. The van der Waals surface area contributed by atoms with Crippen LogP contribution in [0.3, 0.4) is 0 Å². The second-order valence-electron chi connectivity index (χ2n) is 5.16. The molecule has 0 aliphatic rings. The van der Waals surface area contributed by atoms with Gasteiger partial charge in [-0.2, -0.15) is 0 Å². The van der Waals surface area contributed by atoms with Gasteiger partial charge in [0.05, 0.1) is 0 Å². The number of aromatic nitrogens is 2. The third kappa shape index (κ3) is 8.64. The average molecular weight is 292 g/mol. The van der Waals surface area contributed by atoms with Gasteiger partial charge in [-0.25, -0.2) is 0 Å². The molecule has 3 rings (SSSR count). The minimum atomic E-state index is 1.07. The summed E-state index contributed by atoms with van der Waals surface area (Å²) in [6.45, 7) is 8.19. The molecule has 0 spiro atoms. The number of aryl methyl sites for hydroxylation is 4. The third-order valence-corrected chi connectivity index (χ3v) is 2.84. The molecule has 0 saturated carbocycles. The van der Waals surface area contributed by atoms with Crippen LogP contribution in [-0.2, 0) is 0 Å². The highest BCUT2D eigenvalue weighted by Crippen LogP contribution is 1.99. The Hall–Kier alpha value is -2.48. The second-order valence-corrected chi connectivity index (χ2v) is 5.16. The van der Waals surface area contributed by atoms with Crippen LogP contribution in [0.2, 0.25) is 0 Å². The Morgan fingerprint density at radius 1 is 0.591 bits per heavy atom. The van der Waals surface area contributed by atoms with Gasteiger partial charge >= 0.3 is 0 Å². The first-order valence-electron chi connectivity index (χ1n) is 7.35. The number of pyridine rings is 2. The lowest BCUT2D eigenvalue weighted by Gasteiger charge is -1.90. The number of rotatable bonds is 0. The Kier molecular flexibility index (Phi) is 8.21. The quantitative estimate of drug-likeness (QED) is 0.577. The molecule has 0 radical (unpaired) electrons. The number of benzene rings is 1. The fourth-order valence-electron chi connectivity index (χ4n) is 1.53. The molecule has 2 nitrogen and oxygen atoms in total. The summed E-state index contributed by atoms with van der Waals surface area (Å²) < 4.78 is 0. The maximum Gasteiger partial charge on any atom is 0.0372 e.